The lowest BCUT2D eigenvalue weighted by atomic mass is 9.96. The van der Waals surface area contributed by atoms with E-state index in [4.69, 9.17) is 5.73 Å². The van der Waals surface area contributed by atoms with Crippen LogP contribution in [-0.2, 0) is 19.6 Å². The van der Waals surface area contributed by atoms with E-state index in [1.807, 2.05) is 13.8 Å². The Morgan fingerprint density at radius 1 is 1.33 bits per heavy atom. The fourth-order valence-corrected chi connectivity index (χ4v) is 2.40. The predicted molar refractivity (Wildman–Crippen MR) is 72.6 cm³/mol. The maximum atomic E-state index is 13.0. The standard InChI is InChI=1S/C14H17F3N4/c1-8-10(9(2)21(3)20-8)6-13(18)11-7-19-5-4-12(11)14(15,16)17/h4-5,7,13H,6,18H2,1-3H3. The summed E-state index contributed by atoms with van der Waals surface area (Å²) in [6, 6.07) is 0.176. The van der Waals surface area contributed by atoms with E-state index in [-0.39, 0.29) is 5.56 Å². The van der Waals surface area contributed by atoms with Crippen LogP contribution in [0.25, 0.3) is 0 Å². The zero-order valence-electron chi connectivity index (χ0n) is 12.1. The van der Waals surface area contributed by atoms with Gasteiger partial charge in [0.1, 0.15) is 0 Å². The van der Waals surface area contributed by atoms with Gasteiger partial charge in [-0.1, -0.05) is 0 Å². The van der Waals surface area contributed by atoms with E-state index >= 15 is 0 Å². The monoisotopic (exact) mass is 298 g/mol. The Morgan fingerprint density at radius 3 is 2.52 bits per heavy atom. The minimum absolute atomic E-state index is 0.00709. The quantitative estimate of drug-likeness (QED) is 0.948. The van der Waals surface area contributed by atoms with Crippen LogP contribution < -0.4 is 5.73 Å². The number of nitrogens with two attached hydrogens (primary N) is 1. The molecule has 2 rings (SSSR count). The van der Waals surface area contributed by atoms with Crippen molar-refractivity contribution in [2.75, 3.05) is 0 Å². The number of hydrogen-bond acceptors (Lipinski definition) is 3. The third-order valence-corrected chi connectivity index (χ3v) is 3.64. The van der Waals surface area contributed by atoms with Crippen molar-refractivity contribution in [1.82, 2.24) is 14.8 Å². The Hall–Kier alpha value is -1.89. The molecule has 0 aliphatic heterocycles. The first-order valence-electron chi connectivity index (χ1n) is 6.47. The van der Waals surface area contributed by atoms with Gasteiger partial charge in [0.25, 0.3) is 0 Å². The van der Waals surface area contributed by atoms with E-state index in [0.717, 1.165) is 29.2 Å². The Bertz CT molecular complexity index is 646. The molecule has 2 heterocycles. The Kier molecular flexibility index (Phi) is 4.04. The van der Waals surface area contributed by atoms with Crippen molar-refractivity contribution in [3.63, 3.8) is 0 Å². The molecule has 1 atom stereocenters. The minimum Gasteiger partial charge on any atom is -0.324 e. The van der Waals surface area contributed by atoms with Crippen LogP contribution >= 0.6 is 0 Å². The van der Waals surface area contributed by atoms with Crippen LogP contribution in [0.4, 0.5) is 13.2 Å². The highest BCUT2D eigenvalue weighted by atomic mass is 19.4. The van der Waals surface area contributed by atoms with Gasteiger partial charge in [0.05, 0.1) is 11.3 Å². The van der Waals surface area contributed by atoms with E-state index in [0.29, 0.717) is 6.42 Å². The molecule has 2 aromatic rings. The lowest BCUT2D eigenvalue weighted by Crippen LogP contribution is -2.20. The highest BCUT2D eigenvalue weighted by Crippen LogP contribution is 2.34. The first-order chi connectivity index (χ1) is 9.71. The largest absolute Gasteiger partial charge is 0.416 e. The second kappa shape index (κ2) is 5.48. The molecule has 0 bridgehead atoms. The molecule has 0 amide bonds. The van der Waals surface area contributed by atoms with Crippen LogP contribution in [0, 0.1) is 13.8 Å². The molecule has 0 spiro atoms. The number of hydrogen-bond donors (Lipinski definition) is 1. The molecule has 0 aliphatic carbocycles. The van der Waals surface area contributed by atoms with E-state index in [1.54, 1.807) is 11.7 Å². The molecular formula is C14H17F3N4. The topological polar surface area (TPSA) is 56.7 Å². The normalized spacial score (nSPS) is 13.5. The molecule has 0 aliphatic rings. The summed E-state index contributed by atoms with van der Waals surface area (Å²) in [6.45, 7) is 3.69. The van der Waals surface area contributed by atoms with Gasteiger partial charge in [-0.25, -0.2) is 0 Å². The number of halogens is 3. The summed E-state index contributed by atoms with van der Waals surface area (Å²) < 4.78 is 40.7. The molecule has 0 saturated heterocycles. The van der Waals surface area contributed by atoms with Gasteiger partial charge in [-0.05, 0) is 37.5 Å². The van der Waals surface area contributed by atoms with Gasteiger partial charge in [-0.3, -0.25) is 9.67 Å². The maximum absolute atomic E-state index is 13.0. The van der Waals surface area contributed by atoms with Crippen molar-refractivity contribution in [2.45, 2.75) is 32.5 Å². The summed E-state index contributed by atoms with van der Waals surface area (Å²) in [5, 5.41) is 4.25. The van der Waals surface area contributed by atoms with Gasteiger partial charge in [-0.15, -0.1) is 0 Å². The van der Waals surface area contributed by atoms with E-state index in [1.165, 1.54) is 6.20 Å². The molecule has 0 radical (unpaired) electrons. The second-order valence-electron chi connectivity index (χ2n) is 5.04. The molecule has 0 fully saturated rings. The Morgan fingerprint density at radius 2 is 2.00 bits per heavy atom. The fraction of sp³-hybridized carbons (Fsp3) is 0.429. The van der Waals surface area contributed by atoms with Crippen LogP contribution in [-0.4, -0.2) is 14.8 Å². The molecule has 114 valence electrons. The Balaban J connectivity index is 2.35. The number of nitrogens with zero attached hydrogens (tertiary/aromatic N) is 3. The molecular weight excluding hydrogens is 281 g/mol. The summed E-state index contributed by atoms with van der Waals surface area (Å²) in [5.41, 5.74) is 7.83. The average Bonchev–Trinajstić information content (AvgIpc) is 2.64. The first kappa shape index (κ1) is 15.5. The van der Waals surface area contributed by atoms with Gasteiger partial charge in [0.15, 0.2) is 0 Å². The SMILES string of the molecule is Cc1nn(C)c(C)c1CC(N)c1cnccc1C(F)(F)F. The molecule has 0 aromatic carbocycles. The third kappa shape index (κ3) is 3.07. The summed E-state index contributed by atoms with van der Waals surface area (Å²) in [4.78, 5) is 3.77. The molecule has 4 nitrogen and oxygen atoms in total. The van der Waals surface area contributed by atoms with Crippen LogP contribution in [0.1, 0.15) is 34.1 Å². The highest BCUT2D eigenvalue weighted by Gasteiger charge is 2.34. The van der Waals surface area contributed by atoms with Crippen molar-refractivity contribution in [1.29, 1.82) is 0 Å². The first-order valence-corrected chi connectivity index (χ1v) is 6.47. The predicted octanol–water partition coefficient (Wildman–Crippen LogP) is 2.69. The summed E-state index contributed by atoms with van der Waals surface area (Å²) in [7, 11) is 1.79. The number of alkyl halides is 3. The lowest BCUT2D eigenvalue weighted by Gasteiger charge is -2.18. The molecule has 2 aromatic heterocycles. The van der Waals surface area contributed by atoms with Gasteiger partial charge >= 0.3 is 6.18 Å². The van der Waals surface area contributed by atoms with Crippen molar-refractivity contribution in [3.8, 4) is 0 Å². The number of rotatable bonds is 3. The molecule has 1 unspecified atom stereocenters. The van der Waals surface area contributed by atoms with E-state index in [9.17, 15) is 13.2 Å². The zero-order valence-corrected chi connectivity index (χ0v) is 12.1. The number of aromatic nitrogens is 3. The van der Waals surface area contributed by atoms with E-state index in [2.05, 4.69) is 10.1 Å². The van der Waals surface area contributed by atoms with E-state index < -0.39 is 17.8 Å². The van der Waals surface area contributed by atoms with Crippen molar-refractivity contribution in [3.05, 3.63) is 46.5 Å². The molecule has 2 N–H and O–H groups in total. The lowest BCUT2D eigenvalue weighted by molar-refractivity contribution is -0.138. The van der Waals surface area contributed by atoms with Gasteiger partial charge in [0.2, 0.25) is 0 Å². The minimum atomic E-state index is -4.44. The molecule has 21 heavy (non-hydrogen) atoms. The van der Waals surface area contributed by atoms with Crippen LogP contribution in [0.3, 0.4) is 0 Å². The Labute approximate surface area is 120 Å². The van der Waals surface area contributed by atoms with Crippen molar-refractivity contribution in [2.24, 2.45) is 12.8 Å². The maximum Gasteiger partial charge on any atom is 0.416 e. The van der Waals surface area contributed by atoms with Gasteiger partial charge in [-0.2, -0.15) is 18.3 Å². The van der Waals surface area contributed by atoms with Crippen molar-refractivity contribution < 1.29 is 13.2 Å². The average molecular weight is 298 g/mol. The smallest absolute Gasteiger partial charge is 0.324 e. The molecule has 7 heteroatoms. The van der Waals surface area contributed by atoms with Crippen LogP contribution in [0.15, 0.2) is 18.5 Å². The van der Waals surface area contributed by atoms with Crippen LogP contribution in [0.2, 0.25) is 0 Å². The van der Waals surface area contributed by atoms with Gasteiger partial charge < -0.3 is 5.73 Å². The molecule has 0 saturated carbocycles. The highest BCUT2D eigenvalue weighted by molar-refractivity contribution is 5.33. The summed E-state index contributed by atoms with van der Waals surface area (Å²) in [5.74, 6) is 0. The summed E-state index contributed by atoms with van der Waals surface area (Å²) in [6.07, 6.45) is -1.83. The van der Waals surface area contributed by atoms with Gasteiger partial charge in [0, 0.05) is 31.2 Å². The number of pyridine rings is 1. The fourth-order valence-electron chi connectivity index (χ4n) is 2.40. The zero-order chi connectivity index (χ0) is 15.8. The van der Waals surface area contributed by atoms with Crippen molar-refractivity contribution >= 4 is 0 Å². The summed E-state index contributed by atoms with van der Waals surface area (Å²) >= 11 is 0. The van der Waals surface area contributed by atoms with Crippen LogP contribution in [0.5, 0.6) is 0 Å². The second-order valence-corrected chi connectivity index (χ2v) is 5.04. The third-order valence-electron chi connectivity index (χ3n) is 3.64. The number of aryl methyl sites for hydroxylation is 2.